The number of nitrogens with zero attached hydrogens (tertiary/aromatic N) is 2. The van der Waals surface area contributed by atoms with Gasteiger partial charge in [-0.15, -0.1) is 0 Å². The molecule has 2 aliphatic heterocycles. The highest BCUT2D eigenvalue weighted by atomic mass is 19.4. The van der Waals surface area contributed by atoms with E-state index in [-0.39, 0.29) is 22.7 Å². The van der Waals surface area contributed by atoms with Crippen molar-refractivity contribution in [1.82, 2.24) is 4.90 Å². The molecular formula is C24H21F3N2O5. The lowest BCUT2D eigenvalue weighted by Crippen LogP contribution is -2.48. The summed E-state index contributed by atoms with van der Waals surface area (Å²) < 4.78 is 52.6. The number of nitro groups is 1. The standard InChI is InChI=1S/C24H21F3N2O5/c1-23(2)12-13-7-21(33-3)22(34-4)11-16(13)18-8-14(24(25,26)27)9-19(28(18)23)17-10-15(29(31)32)5-6-20(17)30/h5-11H,12H2,1-4H3/b19-17-. The van der Waals surface area contributed by atoms with Crippen molar-refractivity contribution in [2.75, 3.05) is 14.2 Å². The summed E-state index contributed by atoms with van der Waals surface area (Å²) in [6.07, 6.45) is 0.639. The Morgan fingerprint density at radius 2 is 1.71 bits per heavy atom. The van der Waals surface area contributed by atoms with Crippen LogP contribution in [-0.2, 0) is 11.2 Å². The van der Waals surface area contributed by atoms with Crippen molar-refractivity contribution in [3.8, 4) is 11.5 Å². The molecule has 3 aliphatic rings. The van der Waals surface area contributed by atoms with Crippen LogP contribution in [0.3, 0.4) is 0 Å². The van der Waals surface area contributed by atoms with Crippen molar-refractivity contribution in [2.45, 2.75) is 32.0 Å². The van der Waals surface area contributed by atoms with Crippen LogP contribution in [0.2, 0.25) is 0 Å². The molecule has 0 aromatic heterocycles. The van der Waals surface area contributed by atoms with Crippen LogP contribution in [0.1, 0.15) is 25.0 Å². The Balaban J connectivity index is 2.05. The van der Waals surface area contributed by atoms with Crippen LogP contribution in [0, 0.1) is 10.1 Å². The van der Waals surface area contributed by atoms with Gasteiger partial charge in [-0.05, 0) is 56.2 Å². The Morgan fingerprint density at radius 3 is 2.29 bits per heavy atom. The molecule has 0 atom stereocenters. The molecule has 0 fully saturated rings. The third kappa shape index (κ3) is 3.78. The summed E-state index contributed by atoms with van der Waals surface area (Å²) in [6, 6.07) is 3.33. The molecule has 7 nitrogen and oxygen atoms in total. The number of allylic oxidation sites excluding steroid dienone is 7. The topological polar surface area (TPSA) is 81.9 Å². The number of hydrogen-bond donors (Lipinski definition) is 0. The average molecular weight is 474 g/mol. The molecule has 2 heterocycles. The van der Waals surface area contributed by atoms with E-state index in [0.29, 0.717) is 23.5 Å². The molecule has 0 spiro atoms. The van der Waals surface area contributed by atoms with Gasteiger partial charge in [0.15, 0.2) is 17.3 Å². The lowest BCUT2D eigenvalue weighted by atomic mass is 9.80. The maximum atomic E-state index is 14.0. The van der Waals surface area contributed by atoms with Crippen molar-refractivity contribution in [1.29, 1.82) is 0 Å². The minimum absolute atomic E-state index is 0.0519. The highest BCUT2D eigenvalue weighted by Gasteiger charge is 2.44. The summed E-state index contributed by atoms with van der Waals surface area (Å²) in [5, 5.41) is 11.3. The van der Waals surface area contributed by atoms with E-state index in [1.165, 1.54) is 14.2 Å². The normalized spacial score (nSPS) is 21.2. The zero-order chi connectivity index (χ0) is 25.0. The van der Waals surface area contributed by atoms with E-state index in [4.69, 9.17) is 9.47 Å². The van der Waals surface area contributed by atoms with Crippen molar-refractivity contribution in [3.05, 3.63) is 86.3 Å². The molecule has 10 heteroatoms. The number of carbonyl (C=O) groups is 1. The largest absolute Gasteiger partial charge is 0.493 e. The zero-order valence-electron chi connectivity index (χ0n) is 18.8. The van der Waals surface area contributed by atoms with E-state index < -0.39 is 28.0 Å². The fraction of sp³-hybridized carbons (Fsp3) is 0.292. The Bertz CT molecular complexity index is 1270. The fourth-order valence-corrected chi connectivity index (χ4v) is 4.49. The number of methoxy groups -OCH3 is 2. The first-order chi connectivity index (χ1) is 15.9. The smallest absolute Gasteiger partial charge is 0.416 e. The minimum atomic E-state index is -4.72. The zero-order valence-corrected chi connectivity index (χ0v) is 18.8. The van der Waals surface area contributed by atoms with Crippen molar-refractivity contribution in [2.24, 2.45) is 0 Å². The number of carbonyl (C=O) groups excluding carboxylic acids is 1. The number of benzene rings is 1. The van der Waals surface area contributed by atoms with Gasteiger partial charge in [0.25, 0.3) is 5.70 Å². The minimum Gasteiger partial charge on any atom is -0.493 e. The molecule has 0 N–H and O–H groups in total. The van der Waals surface area contributed by atoms with Crippen LogP contribution in [0.4, 0.5) is 13.2 Å². The van der Waals surface area contributed by atoms with Crippen molar-refractivity contribution < 1.29 is 32.4 Å². The molecule has 1 aromatic rings. The quantitative estimate of drug-likeness (QED) is 0.358. The SMILES string of the molecule is COc1cc2c(cc1OC)C1=CC(C(F)(F)F)=C/C(=C3\C=C([N+](=O)[O-])C=CC3=O)N1C(C)(C)C2. The van der Waals surface area contributed by atoms with Crippen molar-refractivity contribution >= 4 is 11.5 Å². The first-order valence-electron chi connectivity index (χ1n) is 10.3. The van der Waals surface area contributed by atoms with Crippen LogP contribution >= 0.6 is 0 Å². The number of hydrogen-bond acceptors (Lipinski definition) is 6. The van der Waals surface area contributed by atoms with Gasteiger partial charge in [-0.2, -0.15) is 13.2 Å². The van der Waals surface area contributed by atoms with Gasteiger partial charge in [0.05, 0.1) is 36.0 Å². The maximum absolute atomic E-state index is 14.0. The van der Waals surface area contributed by atoms with Gasteiger partial charge in [-0.3, -0.25) is 14.9 Å². The molecule has 0 bridgehead atoms. The molecule has 1 aliphatic carbocycles. The van der Waals surface area contributed by atoms with Gasteiger partial charge in [0, 0.05) is 29.0 Å². The third-order valence-corrected chi connectivity index (χ3v) is 5.96. The average Bonchev–Trinajstić information content (AvgIpc) is 2.76. The lowest BCUT2D eigenvalue weighted by Gasteiger charge is -2.49. The van der Waals surface area contributed by atoms with Gasteiger partial charge in [-0.1, -0.05) is 0 Å². The van der Waals surface area contributed by atoms with Gasteiger partial charge < -0.3 is 14.4 Å². The van der Waals surface area contributed by atoms with E-state index in [9.17, 15) is 28.1 Å². The molecular weight excluding hydrogens is 453 g/mol. The van der Waals surface area contributed by atoms with Crippen LogP contribution < -0.4 is 9.47 Å². The fourth-order valence-electron chi connectivity index (χ4n) is 4.49. The molecule has 0 amide bonds. The molecule has 0 radical (unpaired) electrons. The van der Waals surface area contributed by atoms with E-state index in [1.54, 1.807) is 17.0 Å². The van der Waals surface area contributed by atoms with Crippen LogP contribution in [0.5, 0.6) is 11.5 Å². The second-order valence-electron chi connectivity index (χ2n) is 8.64. The molecule has 0 unspecified atom stereocenters. The number of fused-ring (bicyclic) bond motifs is 3. The Kier molecular flexibility index (Phi) is 5.42. The Hall–Kier alpha value is -3.82. The summed E-state index contributed by atoms with van der Waals surface area (Å²) in [6.45, 7) is 3.66. The third-order valence-electron chi connectivity index (χ3n) is 5.96. The Labute approximate surface area is 193 Å². The van der Waals surface area contributed by atoms with Gasteiger partial charge in [-0.25, -0.2) is 0 Å². The summed E-state index contributed by atoms with van der Waals surface area (Å²) in [5.74, 6) is 0.165. The number of ketones is 1. The molecule has 0 saturated carbocycles. The number of ether oxygens (including phenoxy) is 2. The molecule has 0 saturated heterocycles. The van der Waals surface area contributed by atoms with Crippen LogP contribution in [-0.4, -0.2) is 41.5 Å². The summed E-state index contributed by atoms with van der Waals surface area (Å²) in [7, 11) is 2.90. The summed E-state index contributed by atoms with van der Waals surface area (Å²) in [5.41, 5.74) is -0.930. The predicted molar refractivity (Wildman–Crippen MR) is 118 cm³/mol. The van der Waals surface area contributed by atoms with E-state index in [1.807, 2.05) is 13.8 Å². The number of halogens is 3. The number of alkyl halides is 3. The molecule has 4 rings (SSSR count). The predicted octanol–water partition coefficient (Wildman–Crippen LogP) is 4.74. The van der Waals surface area contributed by atoms with Crippen LogP contribution in [0.15, 0.2) is 65.1 Å². The van der Waals surface area contributed by atoms with Crippen LogP contribution in [0.25, 0.3) is 5.70 Å². The lowest BCUT2D eigenvalue weighted by molar-refractivity contribution is -0.419. The molecule has 1 aromatic carbocycles. The monoisotopic (exact) mass is 474 g/mol. The summed E-state index contributed by atoms with van der Waals surface area (Å²) in [4.78, 5) is 25.0. The maximum Gasteiger partial charge on any atom is 0.416 e. The Morgan fingerprint density at radius 1 is 1.06 bits per heavy atom. The van der Waals surface area contributed by atoms with Gasteiger partial charge in [0.1, 0.15) is 0 Å². The van der Waals surface area contributed by atoms with Gasteiger partial charge in [0.2, 0.25) is 0 Å². The van der Waals surface area contributed by atoms with Crippen molar-refractivity contribution in [3.63, 3.8) is 0 Å². The first-order valence-corrected chi connectivity index (χ1v) is 10.3. The second kappa shape index (κ2) is 7.89. The highest BCUT2D eigenvalue weighted by Crippen LogP contribution is 2.49. The molecule has 178 valence electrons. The van der Waals surface area contributed by atoms with Gasteiger partial charge >= 0.3 is 6.18 Å². The summed E-state index contributed by atoms with van der Waals surface area (Å²) >= 11 is 0. The van der Waals surface area contributed by atoms with E-state index in [0.717, 1.165) is 35.9 Å². The second-order valence-corrected chi connectivity index (χ2v) is 8.64. The highest BCUT2D eigenvalue weighted by molar-refractivity contribution is 6.08. The molecule has 34 heavy (non-hydrogen) atoms. The van der Waals surface area contributed by atoms with E-state index in [2.05, 4.69) is 0 Å². The first kappa shape index (κ1) is 23.3. The van der Waals surface area contributed by atoms with E-state index >= 15 is 0 Å². The number of rotatable bonds is 3.